The molecule has 1 unspecified atom stereocenters. The lowest BCUT2D eigenvalue weighted by molar-refractivity contribution is -0.115. The minimum absolute atomic E-state index is 0.642. The van der Waals surface area contributed by atoms with Crippen molar-refractivity contribution in [2.75, 3.05) is 0 Å². The average molecular weight is 170 g/mol. The zero-order chi connectivity index (χ0) is 8.81. The van der Waals surface area contributed by atoms with Crippen molar-refractivity contribution in [2.45, 2.75) is 51.0 Å². The Kier molecular flexibility index (Phi) is 4.30. The molecule has 1 aliphatic rings. The highest BCUT2D eigenvalue weighted by Gasteiger charge is 2.14. The molecule has 1 rings (SSSR count). The molecule has 0 saturated heterocycles. The van der Waals surface area contributed by atoms with Crippen LogP contribution in [0, 0.1) is 5.92 Å². The number of carbonyl (C=O) groups excluding carboxylic acids is 1. The van der Waals surface area contributed by atoms with Crippen molar-refractivity contribution in [1.82, 2.24) is 0 Å². The van der Waals surface area contributed by atoms with Crippen molar-refractivity contribution >= 4 is 6.29 Å². The molecule has 2 heteroatoms. The molecule has 1 saturated carbocycles. The van der Waals surface area contributed by atoms with Crippen LogP contribution in [-0.4, -0.2) is 17.5 Å². The predicted molar refractivity (Wildman–Crippen MR) is 47.9 cm³/mol. The normalized spacial score (nSPS) is 22.1. The van der Waals surface area contributed by atoms with E-state index in [0.717, 1.165) is 12.3 Å². The van der Waals surface area contributed by atoms with Gasteiger partial charge in [-0.05, 0) is 18.8 Å². The second kappa shape index (κ2) is 5.31. The maximum atomic E-state index is 10.1. The second-order valence-corrected chi connectivity index (χ2v) is 3.78. The van der Waals surface area contributed by atoms with E-state index in [0.29, 0.717) is 12.7 Å². The molecule has 0 bridgehead atoms. The van der Waals surface area contributed by atoms with Crippen molar-refractivity contribution in [2.24, 2.45) is 5.92 Å². The lowest BCUT2D eigenvalue weighted by atomic mass is 9.85. The molecule has 0 aromatic carbocycles. The fourth-order valence-electron chi connectivity index (χ4n) is 1.95. The molecule has 0 amide bonds. The third kappa shape index (κ3) is 3.35. The van der Waals surface area contributed by atoms with Gasteiger partial charge in [0.1, 0.15) is 12.4 Å². The highest BCUT2D eigenvalue weighted by molar-refractivity contribution is 5.55. The van der Waals surface area contributed by atoms with Crippen molar-refractivity contribution in [3.63, 3.8) is 0 Å². The molecule has 0 spiro atoms. The van der Waals surface area contributed by atoms with Crippen LogP contribution in [-0.2, 0) is 4.79 Å². The molecule has 0 aromatic heterocycles. The first kappa shape index (κ1) is 9.72. The Hall–Kier alpha value is -0.370. The number of hydrogen-bond acceptors (Lipinski definition) is 2. The first-order valence-corrected chi connectivity index (χ1v) is 4.96. The van der Waals surface area contributed by atoms with Crippen molar-refractivity contribution < 1.29 is 9.90 Å². The van der Waals surface area contributed by atoms with Gasteiger partial charge in [-0.15, -0.1) is 0 Å². The Balaban J connectivity index is 2.08. The smallest absolute Gasteiger partial charge is 0.148 e. The topological polar surface area (TPSA) is 37.3 Å². The monoisotopic (exact) mass is 170 g/mol. The molecule has 0 radical (unpaired) electrons. The minimum Gasteiger partial charge on any atom is -0.386 e. The van der Waals surface area contributed by atoms with Gasteiger partial charge in [-0.3, -0.25) is 0 Å². The molecule has 0 aliphatic heterocycles. The first-order chi connectivity index (χ1) is 5.83. The Labute approximate surface area is 74.0 Å². The van der Waals surface area contributed by atoms with E-state index in [1.54, 1.807) is 0 Å². The zero-order valence-corrected chi connectivity index (χ0v) is 7.54. The van der Waals surface area contributed by atoms with Crippen LogP contribution in [0.25, 0.3) is 0 Å². The van der Waals surface area contributed by atoms with Gasteiger partial charge in [0.25, 0.3) is 0 Å². The summed E-state index contributed by atoms with van der Waals surface area (Å²) in [6.07, 6.45) is 8.25. The highest BCUT2D eigenvalue weighted by atomic mass is 16.3. The molecule has 1 atom stereocenters. The maximum absolute atomic E-state index is 10.1. The molecular weight excluding hydrogens is 152 g/mol. The summed E-state index contributed by atoms with van der Waals surface area (Å²) in [7, 11) is 0. The van der Waals surface area contributed by atoms with E-state index >= 15 is 0 Å². The summed E-state index contributed by atoms with van der Waals surface area (Å²) in [5.41, 5.74) is 0. The zero-order valence-electron chi connectivity index (χ0n) is 7.54. The fourth-order valence-corrected chi connectivity index (χ4v) is 1.95. The highest BCUT2D eigenvalue weighted by Crippen LogP contribution is 2.27. The van der Waals surface area contributed by atoms with E-state index in [2.05, 4.69) is 0 Å². The van der Waals surface area contributed by atoms with Crippen molar-refractivity contribution in [1.29, 1.82) is 0 Å². The van der Waals surface area contributed by atoms with Gasteiger partial charge in [-0.2, -0.15) is 0 Å². The van der Waals surface area contributed by atoms with Gasteiger partial charge >= 0.3 is 0 Å². The van der Waals surface area contributed by atoms with E-state index in [9.17, 15) is 4.79 Å². The summed E-state index contributed by atoms with van der Waals surface area (Å²) < 4.78 is 0. The Morgan fingerprint density at radius 1 is 1.33 bits per heavy atom. The Morgan fingerprint density at radius 2 is 2.00 bits per heavy atom. The molecule has 0 heterocycles. The quantitative estimate of drug-likeness (QED) is 0.654. The average Bonchev–Trinajstić information content (AvgIpc) is 2.16. The summed E-state index contributed by atoms with van der Waals surface area (Å²) in [5.74, 6) is 0.772. The van der Waals surface area contributed by atoms with Crippen LogP contribution < -0.4 is 0 Å². The summed E-state index contributed by atoms with van der Waals surface area (Å²) >= 11 is 0. The number of aliphatic hydroxyl groups excluding tert-OH is 1. The summed E-state index contributed by atoms with van der Waals surface area (Å²) in [6, 6.07) is 0. The number of rotatable bonds is 4. The van der Waals surface area contributed by atoms with E-state index in [1.807, 2.05) is 0 Å². The van der Waals surface area contributed by atoms with Gasteiger partial charge < -0.3 is 9.90 Å². The van der Waals surface area contributed by atoms with Gasteiger partial charge in [0.05, 0.1) is 0 Å². The molecule has 2 nitrogen and oxygen atoms in total. The molecule has 0 aromatic rings. The van der Waals surface area contributed by atoms with Crippen LogP contribution in [0.15, 0.2) is 0 Å². The number of carbonyl (C=O) groups is 1. The van der Waals surface area contributed by atoms with Crippen LogP contribution in [0.5, 0.6) is 0 Å². The van der Waals surface area contributed by atoms with E-state index < -0.39 is 6.10 Å². The largest absolute Gasteiger partial charge is 0.386 e. The van der Waals surface area contributed by atoms with E-state index in [1.165, 1.54) is 32.1 Å². The molecule has 12 heavy (non-hydrogen) atoms. The summed E-state index contributed by atoms with van der Waals surface area (Å²) in [5, 5.41) is 9.02. The fraction of sp³-hybridized carbons (Fsp3) is 0.900. The molecule has 1 aliphatic carbocycles. The van der Waals surface area contributed by atoms with Crippen LogP contribution in [0.3, 0.4) is 0 Å². The van der Waals surface area contributed by atoms with Crippen LogP contribution in [0.1, 0.15) is 44.9 Å². The first-order valence-electron chi connectivity index (χ1n) is 4.96. The molecular formula is C10H18O2. The van der Waals surface area contributed by atoms with Gasteiger partial charge in [-0.25, -0.2) is 0 Å². The number of aldehydes is 1. The van der Waals surface area contributed by atoms with Crippen LogP contribution in [0.2, 0.25) is 0 Å². The third-order valence-electron chi connectivity index (χ3n) is 2.75. The molecule has 1 fully saturated rings. The van der Waals surface area contributed by atoms with Crippen LogP contribution in [0.4, 0.5) is 0 Å². The van der Waals surface area contributed by atoms with E-state index in [-0.39, 0.29) is 0 Å². The predicted octanol–water partition coefficient (Wildman–Crippen LogP) is 1.91. The van der Waals surface area contributed by atoms with Gasteiger partial charge in [0.15, 0.2) is 0 Å². The van der Waals surface area contributed by atoms with Crippen molar-refractivity contribution in [3.8, 4) is 0 Å². The number of aliphatic hydroxyl groups is 1. The Morgan fingerprint density at radius 3 is 2.58 bits per heavy atom. The van der Waals surface area contributed by atoms with E-state index in [4.69, 9.17) is 5.11 Å². The van der Waals surface area contributed by atoms with Gasteiger partial charge in [0, 0.05) is 0 Å². The molecule has 70 valence electrons. The minimum atomic E-state index is -0.716. The SMILES string of the molecule is O=CC(O)CCC1CCCCC1. The summed E-state index contributed by atoms with van der Waals surface area (Å²) in [6.45, 7) is 0. The third-order valence-corrected chi connectivity index (χ3v) is 2.75. The molecule has 1 N–H and O–H groups in total. The van der Waals surface area contributed by atoms with Crippen LogP contribution >= 0.6 is 0 Å². The van der Waals surface area contributed by atoms with Gasteiger partial charge in [0.2, 0.25) is 0 Å². The Bertz CT molecular complexity index is 128. The lowest BCUT2D eigenvalue weighted by Crippen LogP contribution is -2.12. The standard InChI is InChI=1S/C10H18O2/c11-8-10(12)7-6-9-4-2-1-3-5-9/h8-10,12H,1-7H2. The maximum Gasteiger partial charge on any atom is 0.148 e. The lowest BCUT2D eigenvalue weighted by Gasteiger charge is -2.21. The second-order valence-electron chi connectivity index (χ2n) is 3.78. The van der Waals surface area contributed by atoms with Gasteiger partial charge in [-0.1, -0.05) is 32.1 Å². The summed E-state index contributed by atoms with van der Waals surface area (Å²) in [4.78, 5) is 10.1. The number of hydrogen-bond donors (Lipinski definition) is 1. The van der Waals surface area contributed by atoms with Crippen molar-refractivity contribution in [3.05, 3.63) is 0 Å².